The van der Waals surface area contributed by atoms with E-state index in [0.717, 1.165) is 31.2 Å². The second-order valence-corrected chi connectivity index (χ2v) is 4.74. The minimum absolute atomic E-state index is 0.503. The van der Waals surface area contributed by atoms with E-state index in [2.05, 4.69) is 14.9 Å². The number of nitrogens with zero attached hydrogens (tertiary/aromatic N) is 3. The molecule has 1 unspecified atom stereocenters. The Balaban J connectivity index is 2.24. The van der Waals surface area contributed by atoms with E-state index in [1.807, 2.05) is 13.0 Å². The summed E-state index contributed by atoms with van der Waals surface area (Å²) in [6.45, 7) is 3.67. The van der Waals surface area contributed by atoms with Crippen LogP contribution in [0.25, 0.3) is 0 Å². The Labute approximate surface area is 108 Å². The molecule has 2 rings (SSSR count). The number of hydrogen-bond donors (Lipinski definition) is 1. The number of rotatable bonds is 4. The molecule has 0 saturated carbocycles. The molecule has 2 N–H and O–H groups in total. The van der Waals surface area contributed by atoms with Crippen molar-refractivity contribution in [2.24, 2.45) is 5.73 Å². The molecule has 0 aromatic carbocycles. The number of aryl methyl sites for hydroxylation is 1. The van der Waals surface area contributed by atoms with Gasteiger partial charge in [-0.2, -0.15) is 4.98 Å². The van der Waals surface area contributed by atoms with Crippen molar-refractivity contribution in [1.82, 2.24) is 9.97 Å². The van der Waals surface area contributed by atoms with Crippen molar-refractivity contribution in [2.75, 3.05) is 25.1 Å². The standard InChI is InChI=1S/C13H22N4O/c1-10-15-12(9-13(16-10)18-2)17-8-4-3-5-11(17)6-7-14/h9,11H,3-8,14H2,1-2H3. The molecule has 1 atom stereocenters. The van der Waals surface area contributed by atoms with Gasteiger partial charge in [-0.15, -0.1) is 0 Å². The monoisotopic (exact) mass is 250 g/mol. The van der Waals surface area contributed by atoms with Crippen molar-refractivity contribution in [1.29, 1.82) is 0 Å². The Hall–Kier alpha value is -1.36. The van der Waals surface area contributed by atoms with Gasteiger partial charge in [-0.05, 0) is 39.2 Å². The second kappa shape index (κ2) is 6.00. The quantitative estimate of drug-likeness (QED) is 0.877. The zero-order chi connectivity index (χ0) is 13.0. The summed E-state index contributed by atoms with van der Waals surface area (Å²) in [4.78, 5) is 11.1. The SMILES string of the molecule is COc1cc(N2CCCCC2CCN)nc(C)n1. The maximum absolute atomic E-state index is 5.70. The summed E-state index contributed by atoms with van der Waals surface area (Å²) in [5.41, 5.74) is 5.70. The van der Waals surface area contributed by atoms with Crippen LogP contribution in [-0.2, 0) is 0 Å². The summed E-state index contributed by atoms with van der Waals surface area (Å²) in [6, 6.07) is 2.42. The zero-order valence-corrected chi connectivity index (χ0v) is 11.2. The molecule has 5 heteroatoms. The third-order valence-electron chi connectivity index (χ3n) is 3.43. The van der Waals surface area contributed by atoms with Gasteiger partial charge in [0.2, 0.25) is 5.88 Å². The van der Waals surface area contributed by atoms with Crippen molar-refractivity contribution < 1.29 is 4.74 Å². The van der Waals surface area contributed by atoms with Gasteiger partial charge in [0.1, 0.15) is 11.6 Å². The first-order valence-electron chi connectivity index (χ1n) is 6.61. The highest BCUT2D eigenvalue weighted by molar-refractivity contribution is 5.43. The van der Waals surface area contributed by atoms with Crippen LogP contribution in [0.4, 0.5) is 5.82 Å². The van der Waals surface area contributed by atoms with Gasteiger partial charge in [-0.1, -0.05) is 0 Å². The fourth-order valence-electron chi connectivity index (χ4n) is 2.57. The van der Waals surface area contributed by atoms with E-state index in [1.54, 1.807) is 7.11 Å². The molecular weight excluding hydrogens is 228 g/mol. The van der Waals surface area contributed by atoms with E-state index < -0.39 is 0 Å². The Morgan fingerprint density at radius 2 is 2.28 bits per heavy atom. The Bertz CT molecular complexity index is 395. The number of aromatic nitrogens is 2. The maximum atomic E-state index is 5.70. The van der Waals surface area contributed by atoms with Gasteiger partial charge in [0, 0.05) is 18.7 Å². The fourth-order valence-corrected chi connectivity index (χ4v) is 2.57. The first kappa shape index (κ1) is 13.1. The molecule has 100 valence electrons. The van der Waals surface area contributed by atoms with Crippen molar-refractivity contribution in [2.45, 2.75) is 38.6 Å². The van der Waals surface area contributed by atoms with Crippen molar-refractivity contribution in [3.63, 3.8) is 0 Å². The molecule has 0 radical (unpaired) electrons. The van der Waals surface area contributed by atoms with E-state index in [9.17, 15) is 0 Å². The molecule has 0 aliphatic carbocycles. The van der Waals surface area contributed by atoms with Crippen molar-refractivity contribution in [3.05, 3.63) is 11.9 Å². The predicted molar refractivity (Wildman–Crippen MR) is 72.0 cm³/mol. The minimum Gasteiger partial charge on any atom is -0.481 e. The van der Waals surface area contributed by atoms with Gasteiger partial charge < -0.3 is 15.4 Å². The van der Waals surface area contributed by atoms with Crippen molar-refractivity contribution in [3.8, 4) is 5.88 Å². The topological polar surface area (TPSA) is 64.3 Å². The van der Waals surface area contributed by atoms with E-state index in [4.69, 9.17) is 10.5 Å². The minimum atomic E-state index is 0.503. The Morgan fingerprint density at radius 1 is 1.44 bits per heavy atom. The highest BCUT2D eigenvalue weighted by atomic mass is 16.5. The lowest BCUT2D eigenvalue weighted by Gasteiger charge is -2.36. The molecule has 1 aliphatic rings. The van der Waals surface area contributed by atoms with Gasteiger partial charge in [-0.3, -0.25) is 0 Å². The summed E-state index contributed by atoms with van der Waals surface area (Å²) < 4.78 is 5.22. The summed E-state index contributed by atoms with van der Waals surface area (Å²) in [5.74, 6) is 2.36. The number of nitrogens with two attached hydrogens (primary N) is 1. The first-order chi connectivity index (χ1) is 8.74. The Kier molecular flexibility index (Phi) is 4.36. The molecular formula is C13H22N4O. The van der Waals surface area contributed by atoms with E-state index in [0.29, 0.717) is 11.9 Å². The smallest absolute Gasteiger partial charge is 0.218 e. The van der Waals surface area contributed by atoms with Crippen LogP contribution in [0.3, 0.4) is 0 Å². The lowest BCUT2D eigenvalue weighted by atomic mass is 9.99. The number of methoxy groups -OCH3 is 1. The molecule has 1 aromatic rings. The number of anilines is 1. The lowest BCUT2D eigenvalue weighted by molar-refractivity contribution is 0.393. The van der Waals surface area contributed by atoms with E-state index in [-0.39, 0.29) is 0 Å². The fraction of sp³-hybridized carbons (Fsp3) is 0.692. The maximum Gasteiger partial charge on any atom is 0.218 e. The molecule has 1 aromatic heterocycles. The predicted octanol–water partition coefficient (Wildman–Crippen LogP) is 1.50. The van der Waals surface area contributed by atoms with Crippen LogP contribution in [0.2, 0.25) is 0 Å². The summed E-state index contributed by atoms with van der Waals surface area (Å²) in [6.07, 6.45) is 4.71. The molecule has 18 heavy (non-hydrogen) atoms. The molecule has 1 saturated heterocycles. The summed E-state index contributed by atoms with van der Waals surface area (Å²) in [7, 11) is 1.64. The Morgan fingerprint density at radius 3 is 3.00 bits per heavy atom. The molecule has 5 nitrogen and oxygen atoms in total. The molecule has 0 amide bonds. The molecule has 1 aliphatic heterocycles. The highest BCUT2D eigenvalue weighted by Crippen LogP contribution is 2.26. The molecule has 1 fully saturated rings. The molecule has 0 bridgehead atoms. The van der Waals surface area contributed by atoms with Gasteiger partial charge in [0.15, 0.2) is 0 Å². The van der Waals surface area contributed by atoms with Crippen LogP contribution in [0.15, 0.2) is 6.07 Å². The number of piperidine rings is 1. The largest absolute Gasteiger partial charge is 0.481 e. The normalized spacial score (nSPS) is 19.9. The number of hydrogen-bond acceptors (Lipinski definition) is 5. The van der Waals surface area contributed by atoms with Gasteiger partial charge in [0.25, 0.3) is 0 Å². The first-order valence-corrected chi connectivity index (χ1v) is 6.61. The van der Waals surface area contributed by atoms with Crippen LogP contribution < -0.4 is 15.4 Å². The van der Waals surface area contributed by atoms with Crippen LogP contribution in [0.1, 0.15) is 31.5 Å². The van der Waals surface area contributed by atoms with Gasteiger partial charge in [0.05, 0.1) is 7.11 Å². The van der Waals surface area contributed by atoms with Crippen LogP contribution in [-0.4, -0.2) is 36.2 Å². The zero-order valence-electron chi connectivity index (χ0n) is 11.2. The van der Waals surface area contributed by atoms with E-state index >= 15 is 0 Å². The van der Waals surface area contributed by atoms with Crippen LogP contribution in [0, 0.1) is 6.92 Å². The average molecular weight is 250 g/mol. The van der Waals surface area contributed by atoms with Gasteiger partial charge in [-0.25, -0.2) is 4.98 Å². The van der Waals surface area contributed by atoms with Crippen LogP contribution >= 0.6 is 0 Å². The molecule has 0 spiro atoms. The molecule has 2 heterocycles. The second-order valence-electron chi connectivity index (χ2n) is 4.74. The number of ether oxygens (including phenoxy) is 1. The summed E-state index contributed by atoms with van der Waals surface area (Å²) in [5, 5.41) is 0. The lowest BCUT2D eigenvalue weighted by Crippen LogP contribution is -2.41. The average Bonchev–Trinajstić information content (AvgIpc) is 2.39. The van der Waals surface area contributed by atoms with Gasteiger partial charge >= 0.3 is 0 Å². The van der Waals surface area contributed by atoms with Crippen molar-refractivity contribution >= 4 is 5.82 Å². The highest BCUT2D eigenvalue weighted by Gasteiger charge is 2.23. The van der Waals surface area contributed by atoms with E-state index in [1.165, 1.54) is 19.3 Å². The summed E-state index contributed by atoms with van der Waals surface area (Å²) >= 11 is 0. The third kappa shape index (κ3) is 2.90. The third-order valence-corrected chi connectivity index (χ3v) is 3.43. The van der Waals surface area contributed by atoms with Crippen LogP contribution in [0.5, 0.6) is 5.88 Å².